The molecular weight excluding hydrogens is 182 g/mol. The first-order chi connectivity index (χ1) is 7.12. The molecule has 1 heteroatoms. The monoisotopic (exact) mass is 205 g/mol. The Morgan fingerprint density at radius 3 is 2.27 bits per heavy atom. The van der Waals surface area contributed by atoms with Gasteiger partial charge >= 0.3 is 0 Å². The largest absolute Gasteiger partial charge is 0.316 e. The summed E-state index contributed by atoms with van der Waals surface area (Å²) in [6.45, 7) is 6.88. The molecule has 0 heterocycles. The first kappa shape index (κ1) is 12.3. The maximum atomic E-state index is 3.44. The number of rotatable bonds is 5. The standard InChI is InChI=1S/C14H23N/c1-5-9-13(15-4)14(2,3)12-10-7-6-8-11-12/h6-8,10-11,13,15H,5,9H2,1-4H3. The van der Waals surface area contributed by atoms with Gasteiger partial charge in [-0.2, -0.15) is 0 Å². The molecule has 0 spiro atoms. The third kappa shape index (κ3) is 2.82. The van der Waals surface area contributed by atoms with E-state index in [0.717, 1.165) is 0 Å². The van der Waals surface area contributed by atoms with Crippen LogP contribution in [-0.2, 0) is 5.41 Å². The minimum Gasteiger partial charge on any atom is -0.316 e. The van der Waals surface area contributed by atoms with Crippen molar-refractivity contribution in [2.24, 2.45) is 0 Å². The van der Waals surface area contributed by atoms with Gasteiger partial charge in [0, 0.05) is 11.5 Å². The van der Waals surface area contributed by atoms with Gasteiger partial charge < -0.3 is 5.32 Å². The number of hydrogen-bond donors (Lipinski definition) is 1. The molecule has 0 aromatic heterocycles. The van der Waals surface area contributed by atoms with E-state index < -0.39 is 0 Å². The van der Waals surface area contributed by atoms with Crippen LogP contribution in [0.5, 0.6) is 0 Å². The smallest absolute Gasteiger partial charge is 0.0156 e. The zero-order valence-corrected chi connectivity index (χ0v) is 10.4. The minimum atomic E-state index is 0.200. The molecule has 1 nitrogen and oxygen atoms in total. The van der Waals surface area contributed by atoms with Crippen molar-refractivity contribution in [2.45, 2.75) is 45.1 Å². The van der Waals surface area contributed by atoms with E-state index in [9.17, 15) is 0 Å². The van der Waals surface area contributed by atoms with Crippen LogP contribution in [0.1, 0.15) is 39.2 Å². The lowest BCUT2D eigenvalue weighted by molar-refractivity contribution is 0.338. The van der Waals surface area contributed by atoms with Crippen molar-refractivity contribution in [1.29, 1.82) is 0 Å². The highest BCUT2D eigenvalue weighted by Gasteiger charge is 2.28. The summed E-state index contributed by atoms with van der Waals surface area (Å²) in [5.41, 5.74) is 1.62. The topological polar surface area (TPSA) is 12.0 Å². The Labute approximate surface area is 93.9 Å². The van der Waals surface area contributed by atoms with Gasteiger partial charge in [-0.05, 0) is 19.0 Å². The van der Waals surface area contributed by atoms with Crippen LogP contribution in [0.2, 0.25) is 0 Å². The molecule has 0 bridgehead atoms. The molecule has 0 aliphatic heterocycles. The molecule has 0 amide bonds. The van der Waals surface area contributed by atoms with Crippen molar-refractivity contribution in [3.63, 3.8) is 0 Å². The van der Waals surface area contributed by atoms with Crippen LogP contribution in [0.25, 0.3) is 0 Å². The molecule has 15 heavy (non-hydrogen) atoms. The highest BCUT2D eigenvalue weighted by molar-refractivity contribution is 5.25. The van der Waals surface area contributed by atoms with E-state index in [1.807, 2.05) is 0 Å². The summed E-state index contributed by atoms with van der Waals surface area (Å²) in [5, 5.41) is 3.44. The summed E-state index contributed by atoms with van der Waals surface area (Å²) in [4.78, 5) is 0. The second kappa shape index (κ2) is 5.32. The molecule has 0 radical (unpaired) electrons. The van der Waals surface area contributed by atoms with E-state index in [0.29, 0.717) is 6.04 Å². The Kier molecular flexibility index (Phi) is 4.34. The lowest BCUT2D eigenvalue weighted by Gasteiger charge is -2.34. The molecule has 84 valence electrons. The fourth-order valence-corrected chi connectivity index (χ4v) is 2.22. The zero-order valence-electron chi connectivity index (χ0n) is 10.4. The molecule has 1 unspecified atom stereocenters. The summed E-state index contributed by atoms with van der Waals surface area (Å²) in [6, 6.07) is 11.3. The molecule has 0 saturated carbocycles. The van der Waals surface area contributed by atoms with Crippen LogP contribution in [0.15, 0.2) is 30.3 Å². The van der Waals surface area contributed by atoms with Gasteiger partial charge in [0.1, 0.15) is 0 Å². The predicted octanol–water partition coefficient (Wildman–Crippen LogP) is 3.35. The van der Waals surface area contributed by atoms with E-state index in [-0.39, 0.29) is 5.41 Å². The van der Waals surface area contributed by atoms with Gasteiger partial charge in [0.05, 0.1) is 0 Å². The highest BCUT2D eigenvalue weighted by atomic mass is 14.9. The van der Waals surface area contributed by atoms with Crippen LogP contribution >= 0.6 is 0 Å². The lowest BCUT2D eigenvalue weighted by atomic mass is 9.76. The van der Waals surface area contributed by atoms with Crippen molar-refractivity contribution in [3.8, 4) is 0 Å². The molecule has 1 rings (SSSR count). The number of benzene rings is 1. The van der Waals surface area contributed by atoms with Crippen molar-refractivity contribution >= 4 is 0 Å². The van der Waals surface area contributed by atoms with Gasteiger partial charge in [0.25, 0.3) is 0 Å². The molecule has 0 aliphatic carbocycles. The van der Waals surface area contributed by atoms with Crippen LogP contribution in [0.4, 0.5) is 0 Å². The molecule has 0 saturated heterocycles. The number of likely N-dealkylation sites (N-methyl/N-ethyl adjacent to an activating group) is 1. The van der Waals surface area contributed by atoms with Crippen molar-refractivity contribution in [3.05, 3.63) is 35.9 Å². The zero-order chi connectivity index (χ0) is 11.3. The SMILES string of the molecule is CCCC(NC)C(C)(C)c1ccccc1. The summed E-state index contributed by atoms with van der Waals surface area (Å²) in [7, 11) is 2.06. The number of hydrogen-bond acceptors (Lipinski definition) is 1. The van der Waals surface area contributed by atoms with Gasteiger partial charge in [-0.3, -0.25) is 0 Å². The Bertz CT molecular complexity index is 277. The van der Waals surface area contributed by atoms with E-state index in [1.54, 1.807) is 0 Å². The van der Waals surface area contributed by atoms with Crippen LogP contribution in [-0.4, -0.2) is 13.1 Å². The Morgan fingerprint density at radius 1 is 1.20 bits per heavy atom. The van der Waals surface area contributed by atoms with E-state index >= 15 is 0 Å². The summed E-state index contributed by atoms with van der Waals surface area (Å²) in [6.07, 6.45) is 2.44. The highest BCUT2D eigenvalue weighted by Crippen LogP contribution is 2.28. The third-order valence-corrected chi connectivity index (χ3v) is 3.31. The van der Waals surface area contributed by atoms with Gasteiger partial charge in [0.2, 0.25) is 0 Å². The Hall–Kier alpha value is -0.820. The van der Waals surface area contributed by atoms with Crippen LogP contribution in [0.3, 0.4) is 0 Å². The van der Waals surface area contributed by atoms with E-state index in [4.69, 9.17) is 0 Å². The Balaban J connectivity index is 2.89. The Morgan fingerprint density at radius 2 is 1.80 bits per heavy atom. The van der Waals surface area contributed by atoms with E-state index in [1.165, 1.54) is 18.4 Å². The number of nitrogens with one attached hydrogen (secondary N) is 1. The van der Waals surface area contributed by atoms with Gasteiger partial charge in [0.15, 0.2) is 0 Å². The molecule has 0 fully saturated rings. The first-order valence-corrected chi connectivity index (χ1v) is 5.85. The summed E-state index contributed by atoms with van der Waals surface area (Å²) < 4.78 is 0. The predicted molar refractivity (Wildman–Crippen MR) is 67.2 cm³/mol. The minimum absolute atomic E-state index is 0.200. The maximum absolute atomic E-state index is 3.44. The van der Waals surface area contributed by atoms with Gasteiger partial charge in [-0.25, -0.2) is 0 Å². The van der Waals surface area contributed by atoms with Crippen LogP contribution < -0.4 is 5.32 Å². The summed E-state index contributed by atoms with van der Waals surface area (Å²) >= 11 is 0. The van der Waals surface area contributed by atoms with Crippen molar-refractivity contribution in [1.82, 2.24) is 5.32 Å². The van der Waals surface area contributed by atoms with Crippen LogP contribution in [0, 0.1) is 0 Å². The quantitative estimate of drug-likeness (QED) is 0.777. The molecule has 0 aliphatic rings. The molecular formula is C14H23N. The van der Waals surface area contributed by atoms with E-state index in [2.05, 4.69) is 63.5 Å². The summed E-state index contributed by atoms with van der Waals surface area (Å²) in [5.74, 6) is 0. The van der Waals surface area contributed by atoms with Gasteiger partial charge in [-0.1, -0.05) is 57.5 Å². The van der Waals surface area contributed by atoms with Crippen molar-refractivity contribution < 1.29 is 0 Å². The first-order valence-electron chi connectivity index (χ1n) is 5.85. The normalized spacial score (nSPS) is 13.9. The molecule has 1 aromatic rings. The fraction of sp³-hybridized carbons (Fsp3) is 0.571. The lowest BCUT2D eigenvalue weighted by Crippen LogP contribution is -2.42. The molecule has 1 atom stereocenters. The fourth-order valence-electron chi connectivity index (χ4n) is 2.22. The average molecular weight is 205 g/mol. The second-order valence-electron chi connectivity index (χ2n) is 4.72. The average Bonchev–Trinajstić information content (AvgIpc) is 2.27. The molecule has 1 aromatic carbocycles. The maximum Gasteiger partial charge on any atom is 0.0156 e. The second-order valence-corrected chi connectivity index (χ2v) is 4.72. The molecule has 1 N–H and O–H groups in total. The van der Waals surface area contributed by atoms with Crippen molar-refractivity contribution in [2.75, 3.05) is 7.05 Å². The third-order valence-electron chi connectivity index (χ3n) is 3.31. The van der Waals surface area contributed by atoms with Gasteiger partial charge in [-0.15, -0.1) is 0 Å².